The van der Waals surface area contributed by atoms with Gasteiger partial charge in [-0.25, -0.2) is 0 Å². The highest BCUT2D eigenvalue weighted by molar-refractivity contribution is 5.70. The summed E-state index contributed by atoms with van der Waals surface area (Å²) >= 11 is 0. The van der Waals surface area contributed by atoms with Crippen molar-refractivity contribution in [3.8, 4) is 6.07 Å². The van der Waals surface area contributed by atoms with Crippen molar-refractivity contribution in [1.82, 2.24) is 0 Å². The molecule has 0 heterocycles. The van der Waals surface area contributed by atoms with Gasteiger partial charge in [-0.15, -0.1) is 0 Å². The minimum Gasteiger partial charge on any atom is -0.481 e. The Bertz CT molecular complexity index is 253. The van der Waals surface area contributed by atoms with Gasteiger partial charge < -0.3 is 5.11 Å². The Balaban J connectivity index is 4.22. The Kier molecular flexibility index (Phi) is 7.35. The summed E-state index contributed by atoms with van der Waals surface area (Å²) in [5.41, 5.74) is 0. The molecule has 0 aromatic rings. The zero-order chi connectivity index (χ0) is 11.7. The van der Waals surface area contributed by atoms with Gasteiger partial charge in [0.05, 0.1) is 12.0 Å². The second-order valence-corrected chi connectivity index (χ2v) is 3.62. The first-order valence-corrected chi connectivity index (χ1v) is 5.43. The summed E-state index contributed by atoms with van der Waals surface area (Å²) in [6.07, 6.45) is 6.48. The third kappa shape index (κ3) is 5.90. The van der Waals surface area contributed by atoms with Gasteiger partial charge in [0.15, 0.2) is 0 Å². The zero-order valence-electron chi connectivity index (χ0n) is 9.44. The maximum Gasteiger partial charge on any atom is 0.306 e. The standard InChI is InChI=1S/C12H19NO2/c1-3-5-6-7-11(12(14)15)8-10(4-2)9-13/h5-6,10-11H,3-4,7-8H2,1-2H3,(H,14,15)/b6-5-. The van der Waals surface area contributed by atoms with E-state index in [1.807, 2.05) is 26.0 Å². The Morgan fingerprint density at radius 1 is 1.47 bits per heavy atom. The molecule has 0 aromatic heterocycles. The molecule has 0 aliphatic heterocycles. The second-order valence-electron chi connectivity index (χ2n) is 3.62. The molecule has 0 radical (unpaired) electrons. The van der Waals surface area contributed by atoms with Crippen LogP contribution in [-0.2, 0) is 4.79 Å². The van der Waals surface area contributed by atoms with Crippen LogP contribution in [0.4, 0.5) is 0 Å². The maximum absolute atomic E-state index is 10.9. The number of carbonyl (C=O) groups is 1. The molecule has 0 saturated carbocycles. The molecule has 15 heavy (non-hydrogen) atoms. The number of nitrogens with zero attached hydrogens (tertiary/aromatic N) is 1. The number of hydrogen-bond donors (Lipinski definition) is 1. The normalized spacial score (nSPS) is 14.7. The summed E-state index contributed by atoms with van der Waals surface area (Å²) in [6, 6.07) is 2.14. The van der Waals surface area contributed by atoms with Gasteiger partial charge in [0, 0.05) is 5.92 Å². The van der Waals surface area contributed by atoms with Crippen molar-refractivity contribution in [2.24, 2.45) is 11.8 Å². The van der Waals surface area contributed by atoms with E-state index in [0.29, 0.717) is 12.8 Å². The Labute approximate surface area is 91.4 Å². The van der Waals surface area contributed by atoms with Gasteiger partial charge in [0.1, 0.15) is 0 Å². The second kappa shape index (κ2) is 8.05. The summed E-state index contributed by atoms with van der Waals surface area (Å²) in [5, 5.41) is 17.7. The highest BCUT2D eigenvalue weighted by Crippen LogP contribution is 2.19. The van der Waals surface area contributed by atoms with Gasteiger partial charge in [-0.05, 0) is 25.7 Å². The van der Waals surface area contributed by atoms with Crippen LogP contribution in [0.2, 0.25) is 0 Å². The van der Waals surface area contributed by atoms with Crippen LogP contribution in [0.1, 0.15) is 39.5 Å². The molecule has 0 aromatic carbocycles. The fraction of sp³-hybridized carbons (Fsp3) is 0.667. The zero-order valence-corrected chi connectivity index (χ0v) is 9.44. The van der Waals surface area contributed by atoms with Crippen molar-refractivity contribution in [2.45, 2.75) is 39.5 Å². The molecular weight excluding hydrogens is 190 g/mol. The Morgan fingerprint density at radius 3 is 2.53 bits per heavy atom. The highest BCUT2D eigenvalue weighted by Gasteiger charge is 2.20. The van der Waals surface area contributed by atoms with Crippen LogP contribution in [-0.4, -0.2) is 11.1 Å². The van der Waals surface area contributed by atoms with Gasteiger partial charge in [0.25, 0.3) is 0 Å². The number of rotatable bonds is 7. The molecule has 0 amide bonds. The third-order valence-electron chi connectivity index (χ3n) is 2.42. The summed E-state index contributed by atoms with van der Waals surface area (Å²) in [7, 11) is 0. The summed E-state index contributed by atoms with van der Waals surface area (Å²) < 4.78 is 0. The van der Waals surface area contributed by atoms with E-state index in [9.17, 15) is 4.79 Å². The number of aliphatic carboxylic acids is 1. The van der Waals surface area contributed by atoms with Crippen LogP contribution in [0.3, 0.4) is 0 Å². The fourth-order valence-electron chi connectivity index (χ4n) is 1.38. The van der Waals surface area contributed by atoms with Crippen molar-refractivity contribution in [3.05, 3.63) is 12.2 Å². The van der Waals surface area contributed by atoms with E-state index in [-0.39, 0.29) is 5.92 Å². The van der Waals surface area contributed by atoms with Gasteiger partial charge in [-0.1, -0.05) is 26.0 Å². The molecule has 3 heteroatoms. The summed E-state index contributed by atoms with van der Waals surface area (Å²) in [5.74, 6) is -1.36. The minimum atomic E-state index is -0.801. The molecule has 0 aliphatic rings. The van der Waals surface area contributed by atoms with Crippen LogP contribution in [0.15, 0.2) is 12.2 Å². The predicted octanol–water partition coefficient (Wildman–Crippen LogP) is 2.98. The minimum absolute atomic E-state index is 0.138. The third-order valence-corrected chi connectivity index (χ3v) is 2.42. The SMILES string of the molecule is CC/C=C\CC(CC(C#N)CC)C(=O)O. The average Bonchev–Trinajstić information content (AvgIpc) is 2.23. The first-order chi connectivity index (χ1) is 7.15. The molecule has 2 atom stereocenters. The van der Waals surface area contributed by atoms with Gasteiger partial charge in [-0.3, -0.25) is 4.79 Å². The predicted molar refractivity (Wildman–Crippen MR) is 59.2 cm³/mol. The van der Waals surface area contributed by atoms with Gasteiger partial charge in [-0.2, -0.15) is 5.26 Å². The van der Waals surface area contributed by atoms with Crippen LogP contribution in [0, 0.1) is 23.2 Å². The van der Waals surface area contributed by atoms with E-state index in [0.717, 1.165) is 12.8 Å². The smallest absolute Gasteiger partial charge is 0.306 e. The molecule has 84 valence electrons. The number of allylic oxidation sites excluding steroid dienone is 2. The van der Waals surface area contributed by atoms with Crippen LogP contribution >= 0.6 is 0 Å². The van der Waals surface area contributed by atoms with E-state index in [2.05, 4.69) is 6.07 Å². The summed E-state index contributed by atoms with van der Waals surface area (Å²) in [4.78, 5) is 10.9. The highest BCUT2D eigenvalue weighted by atomic mass is 16.4. The van der Waals surface area contributed by atoms with E-state index >= 15 is 0 Å². The first-order valence-electron chi connectivity index (χ1n) is 5.43. The first kappa shape index (κ1) is 13.7. The Hall–Kier alpha value is -1.30. The van der Waals surface area contributed by atoms with E-state index < -0.39 is 11.9 Å². The van der Waals surface area contributed by atoms with Crippen molar-refractivity contribution in [3.63, 3.8) is 0 Å². The number of nitriles is 1. The number of carboxylic acid groups (broad SMARTS) is 1. The molecular formula is C12H19NO2. The molecule has 0 saturated heterocycles. The molecule has 0 aliphatic carbocycles. The average molecular weight is 209 g/mol. The van der Waals surface area contributed by atoms with Crippen molar-refractivity contribution in [2.75, 3.05) is 0 Å². The van der Waals surface area contributed by atoms with Crippen molar-refractivity contribution in [1.29, 1.82) is 5.26 Å². The lowest BCUT2D eigenvalue weighted by molar-refractivity contribution is -0.142. The molecule has 0 fully saturated rings. The molecule has 2 unspecified atom stereocenters. The van der Waals surface area contributed by atoms with Crippen LogP contribution in [0.25, 0.3) is 0 Å². The fourth-order valence-corrected chi connectivity index (χ4v) is 1.38. The summed E-state index contributed by atoms with van der Waals surface area (Å²) in [6.45, 7) is 3.92. The number of carboxylic acids is 1. The topological polar surface area (TPSA) is 61.1 Å². The lowest BCUT2D eigenvalue weighted by Gasteiger charge is -2.12. The molecule has 0 rings (SSSR count). The van der Waals surface area contributed by atoms with Crippen molar-refractivity contribution < 1.29 is 9.90 Å². The molecule has 3 nitrogen and oxygen atoms in total. The van der Waals surface area contributed by atoms with Gasteiger partial charge in [0.2, 0.25) is 0 Å². The number of hydrogen-bond acceptors (Lipinski definition) is 2. The maximum atomic E-state index is 10.9. The van der Waals surface area contributed by atoms with E-state index in [1.165, 1.54) is 0 Å². The van der Waals surface area contributed by atoms with Crippen LogP contribution in [0.5, 0.6) is 0 Å². The monoisotopic (exact) mass is 209 g/mol. The lowest BCUT2D eigenvalue weighted by atomic mass is 9.91. The van der Waals surface area contributed by atoms with Crippen molar-refractivity contribution >= 4 is 5.97 Å². The molecule has 0 bridgehead atoms. The van der Waals surface area contributed by atoms with E-state index in [1.54, 1.807) is 0 Å². The van der Waals surface area contributed by atoms with E-state index in [4.69, 9.17) is 10.4 Å². The molecule has 0 spiro atoms. The van der Waals surface area contributed by atoms with Gasteiger partial charge >= 0.3 is 5.97 Å². The van der Waals surface area contributed by atoms with Crippen LogP contribution < -0.4 is 0 Å². The quantitative estimate of drug-likeness (QED) is 0.656. The lowest BCUT2D eigenvalue weighted by Crippen LogP contribution is -2.16. The molecule has 1 N–H and O–H groups in total. The Morgan fingerprint density at radius 2 is 2.13 bits per heavy atom. The largest absolute Gasteiger partial charge is 0.481 e.